The van der Waals surface area contributed by atoms with Gasteiger partial charge in [-0.25, -0.2) is 0 Å². The molecule has 0 aliphatic rings. The molecule has 0 saturated heterocycles. The Hall–Kier alpha value is -1.39. The number of halogens is 1. The fourth-order valence-corrected chi connectivity index (χ4v) is 2.89. The molecular weight excluding hydrogens is 332 g/mol. The summed E-state index contributed by atoms with van der Waals surface area (Å²) >= 11 is 8.94. The van der Waals surface area contributed by atoms with Gasteiger partial charge in [-0.15, -0.1) is 0 Å². The number of hydrogen-bond donors (Lipinski definition) is 2. The second-order valence-electron chi connectivity index (χ2n) is 4.66. The van der Waals surface area contributed by atoms with E-state index in [-0.39, 0.29) is 6.04 Å². The van der Waals surface area contributed by atoms with Crippen LogP contribution in [-0.2, 0) is 0 Å². The van der Waals surface area contributed by atoms with E-state index in [9.17, 15) is 0 Å². The van der Waals surface area contributed by atoms with Crippen molar-refractivity contribution in [1.82, 2.24) is 5.32 Å². The SMILES string of the molecule is Cc1ccccc1NC(=S)N[C@@H](C)c1ccccc1Br. The molecule has 1 atom stereocenters. The number of thiocarbonyl (C=S) groups is 1. The molecule has 2 nitrogen and oxygen atoms in total. The minimum atomic E-state index is 0.134. The first-order valence-corrected chi connectivity index (χ1v) is 7.65. The van der Waals surface area contributed by atoms with Crippen LogP contribution in [0.1, 0.15) is 24.1 Å². The van der Waals surface area contributed by atoms with Crippen molar-refractivity contribution in [2.45, 2.75) is 19.9 Å². The Morgan fingerprint density at radius 2 is 1.75 bits per heavy atom. The Balaban J connectivity index is 2.02. The number of nitrogens with one attached hydrogen (secondary N) is 2. The van der Waals surface area contributed by atoms with Crippen LogP contribution < -0.4 is 10.6 Å². The molecule has 0 radical (unpaired) electrons. The molecule has 2 aromatic rings. The molecule has 0 bridgehead atoms. The Morgan fingerprint density at radius 3 is 2.45 bits per heavy atom. The average molecular weight is 349 g/mol. The number of aryl methyl sites for hydroxylation is 1. The van der Waals surface area contributed by atoms with Crippen molar-refractivity contribution in [1.29, 1.82) is 0 Å². The molecule has 0 saturated carbocycles. The number of anilines is 1. The van der Waals surface area contributed by atoms with Gasteiger partial charge < -0.3 is 10.6 Å². The summed E-state index contributed by atoms with van der Waals surface area (Å²) in [4.78, 5) is 0. The van der Waals surface area contributed by atoms with Gasteiger partial charge in [0.15, 0.2) is 5.11 Å². The van der Waals surface area contributed by atoms with Crippen molar-refractivity contribution in [3.63, 3.8) is 0 Å². The molecule has 0 aliphatic carbocycles. The molecular formula is C16H17BrN2S. The van der Waals surface area contributed by atoms with Crippen LogP contribution >= 0.6 is 28.1 Å². The molecule has 0 unspecified atom stereocenters. The molecule has 0 aromatic heterocycles. The number of benzene rings is 2. The summed E-state index contributed by atoms with van der Waals surface area (Å²) in [5, 5.41) is 7.17. The fraction of sp³-hybridized carbons (Fsp3) is 0.188. The molecule has 4 heteroatoms. The van der Waals surface area contributed by atoms with Crippen LogP contribution in [0.15, 0.2) is 53.0 Å². The molecule has 0 heterocycles. The van der Waals surface area contributed by atoms with Gasteiger partial charge in [-0.3, -0.25) is 0 Å². The quantitative estimate of drug-likeness (QED) is 0.778. The maximum Gasteiger partial charge on any atom is 0.171 e. The highest BCUT2D eigenvalue weighted by Crippen LogP contribution is 2.23. The van der Waals surface area contributed by atoms with E-state index in [2.05, 4.69) is 52.5 Å². The van der Waals surface area contributed by atoms with Gasteiger partial charge in [0, 0.05) is 10.2 Å². The Kier molecular flexibility index (Phi) is 5.15. The molecule has 0 amide bonds. The van der Waals surface area contributed by atoms with Gasteiger partial charge in [-0.1, -0.05) is 52.3 Å². The van der Waals surface area contributed by atoms with Crippen molar-refractivity contribution in [3.05, 3.63) is 64.1 Å². The molecule has 104 valence electrons. The summed E-state index contributed by atoms with van der Waals surface area (Å²) < 4.78 is 1.08. The van der Waals surface area contributed by atoms with Gasteiger partial charge in [0.2, 0.25) is 0 Å². The van der Waals surface area contributed by atoms with Crippen LogP contribution in [-0.4, -0.2) is 5.11 Å². The van der Waals surface area contributed by atoms with E-state index < -0.39 is 0 Å². The van der Waals surface area contributed by atoms with Crippen molar-refractivity contribution in [2.75, 3.05) is 5.32 Å². The largest absolute Gasteiger partial charge is 0.356 e. The van der Waals surface area contributed by atoms with Crippen molar-refractivity contribution in [3.8, 4) is 0 Å². The molecule has 0 spiro atoms. The van der Waals surface area contributed by atoms with E-state index in [4.69, 9.17) is 12.2 Å². The third-order valence-corrected chi connectivity index (χ3v) is 4.05. The third kappa shape index (κ3) is 3.81. The predicted molar refractivity (Wildman–Crippen MR) is 93.1 cm³/mol. The fourth-order valence-electron chi connectivity index (χ4n) is 1.97. The normalized spacial score (nSPS) is 11.8. The molecule has 20 heavy (non-hydrogen) atoms. The zero-order valence-electron chi connectivity index (χ0n) is 11.5. The second-order valence-corrected chi connectivity index (χ2v) is 5.92. The maximum absolute atomic E-state index is 5.38. The maximum atomic E-state index is 5.38. The molecule has 2 N–H and O–H groups in total. The Bertz CT molecular complexity index is 613. The second kappa shape index (κ2) is 6.86. The van der Waals surface area contributed by atoms with E-state index in [1.807, 2.05) is 36.4 Å². The molecule has 2 rings (SSSR count). The summed E-state index contributed by atoms with van der Waals surface area (Å²) in [7, 11) is 0. The standard InChI is InChI=1S/C16H17BrN2S/c1-11-7-3-6-10-15(11)19-16(20)18-12(2)13-8-4-5-9-14(13)17/h3-10,12H,1-2H3,(H2,18,19,20)/t12-/m0/s1. The zero-order chi connectivity index (χ0) is 14.5. The Morgan fingerprint density at radius 1 is 1.10 bits per heavy atom. The van der Waals surface area contributed by atoms with Crippen molar-refractivity contribution in [2.24, 2.45) is 0 Å². The third-order valence-electron chi connectivity index (χ3n) is 3.11. The van der Waals surface area contributed by atoms with E-state index >= 15 is 0 Å². The van der Waals surface area contributed by atoms with E-state index in [0.29, 0.717) is 5.11 Å². The number of hydrogen-bond acceptors (Lipinski definition) is 1. The van der Waals surface area contributed by atoms with Gasteiger partial charge in [-0.2, -0.15) is 0 Å². The van der Waals surface area contributed by atoms with Crippen LogP contribution in [0.5, 0.6) is 0 Å². The lowest BCUT2D eigenvalue weighted by atomic mass is 10.1. The first-order valence-electron chi connectivity index (χ1n) is 6.45. The van der Waals surface area contributed by atoms with E-state index in [0.717, 1.165) is 10.2 Å². The highest BCUT2D eigenvalue weighted by atomic mass is 79.9. The highest BCUT2D eigenvalue weighted by molar-refractivity contribution is 9.10. The van der Waals surface area contributed by atoms with Gasteiger partial charge in [0.25, 0.3) is 0 Å². The van der Waals surface area contributed by atoms with E-state index in [1.54, 1.807) is 0 Å². The lowest BCUT2D eigenvalue weighted by Crippen LogP contribution is -2.31. The minimum absolute atomic E-state index is 0.134. The van der Waals surface area contributed by atoms with Crippen LogP contribution in [0.25, 0.3) is 0 Å². The topological polar surface area (TPSA) is 24.1 Å². The van der Waals surface area contributed by atoms with Crippen molar-refractivity contribution < 1.29 is 0 Å². The number of para-hydroxylation sites is 1. The lowest BCUT2D eigenvalue weighted by molar-refractivity contribution is 0.719. The molecule has 2 aromatic carbocycles. The van der Waals surface area contributed by atoms with Crippen LogP contribution in [0, 0.1) is 6.92 Å². The lowest BCUT2D eigenvalue weighted by Gasteiger charge is -2.19. The van der Waals surface area contributed by atoms with Gasteiger partial charge in [0.05, 0.1) is 6.04 Å². The first kappa shape index (κ1) is 15.0. The van der Waals surface area contributed by atoms with Gasteiger partial charge in [0.1, 0.15) is 0 Å². The number of rotatable bonds is 3. The first-order chi connectivity index (χ1) is 9.58. The summed E-state index contributed by atoms with van der Waals surface area (Å²) in [6, 6.07) is 16.4. The van der Waals surface area contributed by atoms with E-state index in [1.165, 1.54) is 11.1 Å². The summed E-state index contributed by atoms with van der Waals surface area (Å²) in [5.74, 6) is 0. The average Bonchev–Trinajstić information content (AvgIpc) is 2.41. The summed E-state index contributed by atoms with van der Waals surface area (Å²) in [6.45, 7) is 4.15. The monoisotopic (exact) mass is 348 g/mol. The predicted octanol–water partition coefficient (Wildman–Crippen LogP) is 4.81. The summed E-state index contributed by atoms with van der Waals surface area (Å²) in [6.07, 6.45) is 0. The zero-order valence-corrected chi connectivity index (χ0v) is 13.9. The van der Waals surface area contributed by atoms with Crippen LogP contribution in [0.2, 0.25) is 0 Å². The van der Waals surface area contributed by atoms with Gasteiger partial charge >= 0.3 is 0 Å². The Labute approximate surface area is 133 Å². The highest BCUT2D eigenvalue weighted by Gasteiger charge is 2.10. The minimum Gasteiger partial charge on any atom is -0.356 e. The van der Waals surface area contributed by atoms with Crippen LogP contribution in [0.3, 0.4) is 0 Å². The molecule has 0 aliphatic heterocycles. The van der Waals surface area contributed by atoms with Crippen LogP contribution in [0.4, 0.5) is 5.69 Å². The molecule has 0 fully saturated rings. The summed E-state index contributed by atoms with van der Waals surface area (Å²) in [5.41, 5.74) is 3.39. The van der Waals surface area contributed by atoms with Crippen molar-refractivity contribution >= 4 is 38.9 Å². The van der Waals surface area contributed by atoms with Gasteiger partial charge in [-0.05, 0) is 49.3 Å². The smallest absolute Gasteiger partial charge is 0.171 e.